The summed E-state index contributed by atoms with van der Waals surface area (Å²) in [5.41, 5.74) is 3.32. The first kappa shape index (κ1) is 16.6. The number of aromatic nitrogens is 3. The minimum Gasteiger partial charge on any atom is -0.506 e. The number of amides is 1. The normalized spacial score (nSPS) is 11.0. The lowest BCUT2D eigenvalue weighted by molar-refractivity contribution is 0.102. The zero-order chi connectivity index (χ0) is 18.3. The van der Waals surface area contributed by atoms with Crippen molar-refractivity contribution in [2.75, 3.05) is 5.32 Å². The Hall–Kier alpha value is -2.90. The first-order valence-corrected chi connectivity index (χ1v) is 8.96. The van der Waals surface area contributed by atoms with Crippen LogP contribution in [0.5, 0.6) is 5.75 Å². The Morgan fingerprint density at radius 2 is 2.12 bits per heavy atom. The summed E-state index contributed by atoms with van der Waals surface area (Å²) in [5.74, 6) is -0.287. The highest BCUT2D eigenvalue weighted by Gasteiger charge is 2.14. The summed E-state index contributed by atoms with van der Waals surface area (Å²) in [6, 6.07) is 8.73. The second-order valence-corrected chi connectivity index (χ2v) is 7.20. The number of H-pyrrole nitrogens is 1. The van der Waals surface area contributed by atoms with Crippen molar-refractivity contribution in [2.24, 2.45) is 0 Å². The molecule has 4 aromatic rings. The smallest absolute Gasteiger partial charge is 0.275 e. The number of hydrogen-bond acceptors (Lipinski definition) is 5. The molecular formula is C18H13ClN4O2S. The fraction of sp³-hybridized carbons (Fsp3) is 0.0556. The highest BCUT2D eigenvalue weighted by molar-refractivity contribution is 7.09. The SMILES string of the molecule is Cc1nc(C(=O)Nc2cc(-c3ccc(Cl)c(O)c3)cc3[nH]ncc23)cs1. The molecule has 3 N–H and O–H groups in total. The maximum Gasteiger partial charge on any atom is 0.275 e. The summed E-state index contributed by atoms with van der Waals surface area (Å²) in [6.07, 6.45) is 1.65. The number of aryl methyl sites for hydroxylation is 1. The second-order valence-electron chi connectivity index (χ2n) is 5.73. The van der Waals surface area contributed by atoms with Crippen molar-refractivity contribution in [3.63, 3.8) is 0 Å². The van der Waals surface area contributed by atoms with Crippen LogP contribution in [0.3, 0.4) is 0 Å². The molecular weight excluding hydrogens is 372 g/mol. The van der Waals surface area contributed by atoms with Gasteiger partial charge in [0, 0.05) is 10.8 Å². The van der Waals surface area contributed by atoms with Crippen molar-refractivity contribution in [2.45, 2.75) is 6.92 Å². The highest BCUT2D eigenvalue weighted by atomic mass is 35.5. The molecule has 2 aromatic heterocycles. The molecule has 6 nitrogen and oxygen atoms in total. The van der Waals surface area contributed by atoms with Gasteiger partial charge in [-0.3, -0.25) is 9.89 Å². The molecule has 2 aromatic carbocycles. The first-order valence-electron chi connectivity index (χ1n) is 7.71. The largest absolute Gasteiger partial charge is 0.506 e. The number of aromatic hydroxyl groups is 1. The number of fused-ring (bicyclic) bond motifs is 1. The van der Waals surface area contributed by atoms with E-state index in [-0.39, 0.29) is 16.7 Å². The molecule has 0 bridgehead atoms. The van der Waals surface area contributed by atoms with Crippen LogP contribution in [0, 0.1) is 6.92 Å². The number of carbonyl (C=O) groups excluding carboxylic acids is 1. The van der Waals surface area contributed by atoms with Crippen molar-refractivity contribution in [1.82, 2.24) is 15.2 Å². The predicted octanol–water partition coefficient (Wildman–Crippen LogP) is 4.61. The lowest BCUT2D eigenvalue weighted by Gasteiger charge is -2.09. The molecule has 0 aliphatic carbocycles. The van der Waals surface area contributed by atoms with Crippen LogP contribution >= 0.6 is 22.9 Å². The molecule has 0 unspecified atom stereocenters. The number of nitrogens with one attached hydrogen (secondary N) is 2. The highest BCUT2D eigenvalue weighted by Crippen LogP contribution is 2.34. The van der Waals surface area contributed by atoms with Gasteiger partial charge in [0.2, 0.25) is 0 Å². The molecule has 8 heteroatoms. The molecule has 0 aliphatic rings. The van der Waals surface area contributed by atoms with E-state index in [4.69, 9.17) is 11.6 Å². The zero-order valence-corrected chi connectivity index (χ0v) is 15.1. The van der Waals surface area contributed by atoms with E-state index in [1.165, 1.54) is 11.3 Å². The van der Waals surface area contributed by atoms with E-state index in [1.54, 1.807) is 29.8 Å². The number of phenolic OH excluding ortho intramolecular Hbond substituents is 1. The molecule has 26 heavy (non-hydrogen) atoms. The predicted molar refractivity (Wildman–Crippen MR) is 103 cm³/mol. The fourth-order valence-electron chi connectivity index (χ4n) is 2.67. The number of rotatable bonds is 3. The molecule has 0 spiro atoms. The van der Waals surface area contributed by atoms with E-state index in [2.05, 4.69) is 20.5 Å². The van der Waals surface area contributed by atoms with Crippen LogP contribution in [-0.2, 0) is 0 Å². The topological polar surface area (TPSA) is 90.9 Å². The summed E-state index contributed by atoms with van der Waals surface area (Å²) in [5, 5.41) is 23.3. The maximum absolute atomic E-state index is 12.5. The van der Waals surface area contributed by atoms with E-state index in [1.807, 2.05) is 19.1 Å². The zero-order valence-electron chi connectivity index (χ0n) is 13.6. The monoisotopic (exact) mass is 384 g/mol. The Bertz CT molecular complexity index is 1140. The molecule has 0 saturated heterocycles. The van der Waals surface area contributed by atoms with Gasteiger partial charge in [-0.25, -0.2) is 4.98 Å². The van der Waals surface area contributed by atoms with Crippen molar-refractivity contribution in [1.29, 1.82) is 0 Å². The molecule has 0 fully saturated rings. The summed E-state index contributed by atoms with van der Waals surface area (Å²) < 4.78 is 0. The standard InChI is InChI=1S/C18H13ClN4O2S/c1-9-21-16(8-26-9)18(25)22-14-4-11(5-15-12(14)7-20-23-15)10-2-3-13(19)17(24)6-10/h2-8,24H,1H3,(H,20,23)(H,22,25). The Morgan fingerprint density at radius 3 is 2.85 bits per heavy atom. The third-order valence-corrected chi connectivity index (χ3v) is 5.03. The number of aromatic amines is 1. The Morgan fingerprint density at radius 1 is 1.27 bits per heavy atom. The summed E-state index contributed by atoms with van der Waals surface area (Å²) in [4.78, 5) is 16.7. The summed E-state index contributed by atoms with van der Waals surface area (Å²) in [6.45, 7) is 1.85. The number of hydrogen-bond donors (Lipinski definition) is 3. The molecule has 2 heterocycles. The summed E-state index contributed by atoms with van der Waals surface area (Å²) in [7, 11) is 0. The van der Waals surface area contributed by atoms with Crippen LogP contribution in [0.15, 0.2) is 41.9 Å². The lowest BCUT2D eigenvalue weighted by atomic mass is 10.0. The third kappa shape index (κ3) is 3.02. The Balaban J connectivity index is 1.77. The van der Waals surface area contributed by atoms with Gasteiger partial charge in [0.25, 0.3) is 5.91 Å². The van der Waals surface area contributed by atoms with Gasteiger partial charge in [0.15, 0.2) is 0 Å². The molecule has 0 radical (unpaired) electrons. The van der Waals surface area contributed by atoms with Gasteiger partial charge in [0.1, 0.15) is 11.4 Å². The Labute approximate surface area is 157 Å². The van der Waals surface area contributed by atoms with Gasteiger partial charge in [-0.2, -0.15) is 5.10 Å². The van der Waals surface area contributed by atoms with Crippen molar-refractivity contribution in [3.05, 3.63) is 57.6 Å². The van der Waals surface area contributed by atoms with Crippen molar-refractivity contribution < 1.29 is 9.90 Å². The number of thiazole rings is 1. The quantitative estimate of drug-likeness (QED) is 0.481. The van der Waals surface area contributed by atoms with Gasteiger partial charge >= 0.3 is 0 Å². The number of nitrogens with zero attached hydrogens (tertiary/aromatic N) is 2. The maximum atomic E-state index is 12.5. The van der Waals surface area contributed by atoms with Gasteiger partial charge < -0.3 is 10.4 Å². The van der Waals surface area contributed by atoms with E-state index < -0.39 is 0 Å². The number of phenols is 1. The molecule has 130 valence electrons. The van der Waals surface area contributed by atoms with E-state index >= 15 is 0 Å². The second kappa shape index (κ2) is 6.44. The van der Waals surface area contributed by atoms with Gasteiger partial charge in [-0.15, -0.1) is 11.3 Å². The van der Waals surface area contributed by atoms with Crippen molar-refractivity contribution >= 4 is 45.4 Å². The van der Waals surface area contributed by atoms with Crippen LogP contribution in [0.4, 0.5) is 5.69 Å². The summed E-state index contributed by atoms with van der Waals surface area (Å²) >= 11 is 7.31. The minimum absolute atomic E-state index is 0.00240. The molecule has 0 saturated carbocycles. The number of anilines is 1. The van der Waals surface area contributed by atoms with Crippen LogP contribution in [0.2, 0.25) is 5.02 Å². The Kier molecular flexibility index (Phi) is 4.10. The number of carbonyl (C=O) groups is 1. The molecule has 1 amide bonds. The number of halogens is 1. The molecule has 4 rings (SSSR count). The lowest BCUT2D eigenvalue weighted by Crippen LogP contribution is -2.12. The van der Waals surface area contributed by atoms with E-state index in [0.717, 1.165) is 27.0 Å². The van der Waals surface area contributed by atoms with E-state index in [0.29, 0.717) is 11.4 Å². The third-order valence-electron chi connectivity index (χ3n) is 3.94. The molecule has 0 atom stereocenters. The number of benzene rings is 2. The van der Waals surface area contributed by atoms with Gasteiger partial charge in [0.05, 0.1) is 27.4 Å². The van der Waals surface area contributed by atoms with E-state index in [9.17, 15) is 9.90 Å². The average molecular weight is 385 g/mol. The first-order chi connectivity index (χ1) is 12.5. The average Bonchev–Trinajstić information content (AvgIpc) is 3.26. The van der Waals surface area contributed by atoms with Crippen LogP contribution in [0.25, 0.3) is 22.0 Å². The van der Waals surface area contributed by atoms with Crippen LogP contribution < -0.4 is 5.32 Å². The minimum atomic E-state index is -0.284. The van der Waals surface area contributed by atoms with Crippen molar-refractivity contribution in [3.8, 4) is 16.9 Å². The van der Waals surface area contributed by atoms with Gasteiger partial charge in [-0.05, 0) is 42.3 Å². The van der Waals surface area contributed by atoms with Crippen LogP contribution in [-0.4, -0.2) is 26.2 Å². The van der Waals surface area contributed by atoms with Gasteiger partial charge in [-0.1, -0.05) is 17.7 Å². The molecule has 0 aliphatic heterocycles. The van der Waals surface area contributed by atoms with Crippen LogP contribution in [0.1, 0.15) is 15.5 Å². The fourth-order valence-corrected chi connectivity index (χ4v) is 3.38.